The molecule has 0 aliphatic carbocycles. The second-order valence-corrected chi connectivity index (χ2v) is 4.82. The zero-order valence-electron chi connectivity index (χ0n) is 12.1. The number of rotatable bonds is 5. The molecule has 2 rings (SSSR count). The third kappa shape index (κ3) is 3.72. The van der Waals surface area contributed by atoms with Crippen LogP contribution in [-0.4, -0.2) is 18.2 Å². The van der Waals surface area contributed by atoms with Gasteiger partial charge in [-0.2, -0.15) is 0 Å². The number of carboxylic acid groups (broad SMARTS) is 1. The number of hydrogen-bond donors (Lipinski definition) is 1. The van der Waals surface area contributed by atoms with E-state index in [1.807, 2.05) is 54.6 Å². The molecule has 3 nitrogen and oxygen atoms in total. The van der Waals surface area contributed by atoms with Gasteiger partial charge >= 0.3 is 5.97 Å². The number of ether oxygens (including phenoxy) is 1. The lowest BCUT2D eigenvalue weighted by molar-refractivity contribution is -0.132. The molecule has 0 aromatic heterocycles. The number of allylic oxidation sites excluding steroid dienone is 1. The molecular formula is C18H18O3. The predicted molar refractivity (Wildman–Crippen MR) is 82.7 cm³/mol. The molecule has 0 saturated carbocycles. The van der Waals surface area contributed by atoms with Crippen molar-refractivity contribution in [2.24, 2.45) is 0 Å². The van der Waals surface area contributed by atoms with Gasteiger partial charge in [-0.1, -0.05) is 48.5 Å². The first-order valence-corrected chi connectivity index (χ1v) is 6.72. The lowest BCUT2D eigenvalue weighted by atomic mass is 9.89. The molecule has 2 aromatic rings. The Hall–Kier alpha value is -2.55. The minimum atomic E-state index is -0.899. The van der Waals surface area contributed by atoms with Crippen molar-refractivity contribution >= 4 is 5.97 Å². The Morgan fingerprint density at radius 1 is 1.05 bits per heavy atom. The minimum Gasteiger partial charge on any atom is -0.497 e. The van der Waals surface area contributed by atoms with Crippen molar-refractivity contribution in [3.63, 3.8) is 0 Å². The van der Waals surface area contributed by atoms with Crippen LogP contribution in [0.25, 0.3) is 0 Å². The average Bonchev–Trinajstić information content (AvgIpc) is 2.53. The van der Waals surface area contributed by atoms with E-state index in [0.717, 1.165) is 16.9 Å². The first kappa shape index (κ1) is 14.9. The van der Waals surface area contributed by atoms with E-state index in [9.17, 15) is 4.79 Å². The Labute approximate surface area is 124 Å². The maximum Gasteiger partial charge on any atom is 0.330 e. The van der Waals surface area contributed by atoms with Crippen LogP contribution < -0.4 is 4.74 Å². The number of carbonyl (C=O) groups is 1. The lowest BCUT2D eigenvalue weighted by Crippen LogP contribution is -2.03. The molecule has 0 fully saturated rings. The highest BCUT2D eigenvalue weighted by molar-refractivity contribution is 5.86. The number of hydrogen-bond acceptors (Lipinski definition) is 2. The van der Waals surface area contributed by atoms with Crippen molar-refractivity contribution in [2.45, 2.75) is 12.8 Å². The van der Waals surface area contributed by atoms with Gasteiger partial charge in [0.1, 0.15) is 5.75 Å². The van der Waals surface area contributed by atoms with Crippen molar-refractivity contribution in [2.75, 3.05) is 7.11 Å². The van der Waals surface area contributed by atoms with Gasteiger partial charge in [0.25, 0.3) is 0 Å². The van der Waals surface area contributed by atoms with E-state index in [2.05, 4.69) is 0 Å². The topological polar surface area (TPSA) is 46.5 Å². The molecule has 1 unspecified atom stereocenters. The Morgan fingerprint density at radius 2 is 1.62 bits per heavy atom. The molecule has 0 aliphatic rings. The van der Waals surface area contributed by atoms with Gasteiger partial charge in [0.05, 0.1) is 7.11 Å². The van der Waals surface area contributed by atoms with Gasteiger partial charge in [-0.3, -0.25) is 0 Å². The van der Waals surface area contributed by atoms with Crippen LogP contribution in [0.4, 0.5) is 0 Å². The van der Waals surface area contributed by atoms with Crippen molar-refractivity contribution in [1.29, 1.82) is 0 Å². The Bertz CT molecular complexity index is 627. The molecule has 0 heterocycles. The lowest BCUT2D eigenvalue weighted by Gasteiger charge is -2.15. The van der Waals surface area contributed by atoms with Gasteiger partial charge in [0.2, 0.25) is 0 Å². The van der Waals surface area contributed by atoms with Crippen LogP contribution in [0.2, 0.25) is 0 Å². The van der Waals surface area contributed by atoms with Crippen LogP contribution in [0.3, 0.4) is 0 Å². The molecule has 0 saturated heterocycles. The van der Waals surface area contributed by atoms with Crippen LogP contribution in [0, 0.1) is 0 Å². The maximum absolute atomic E-state index is 11.1. The molecule has 0 aliphatic heterocycles. The van der Waals surface area contributed by atoms with E-state index in [-0.39, 0.29) is 5.92 Å². The van der Waals surface area contributed by atoms with Crippen molar-refractivity contribution < 1.29 is 14.6 Å². The van der Waals surface area contributed by atoms with Crippen LogP contribution in [0.5, 0.6) is 5.75 Å². The summed E-state index contributed by atoms with van der Waals surface area (Å²) in [7, 11) is 1.62. The number of methoxy groups -OCH3 is 1. The van der Waals surface area contributed by atoms with E-state index in [1.54, 1.807) is 20.1 Å². The first-order valence-electron chi connectivity index (χ1n) is 6.72. The van der Waals surface area contributed by atoms with E-state index in [0.29, 0.717) is 5.57 Å². The largest absolute Gasteiger partial charge is 0.497 e. The van der Waals surface area contributed by atoms with E-state index in [1.165, 1.54) is 0 Å². The highest BCUT2D eigenvalue weighted by Gasteiger charge is 2.13. The molecule has 0 spiro atoms. The highest BCUT2D eigenvalue weighted by Crippen LogP contribution is 2.28. The molecule has 1 N–H and O–H groups in total. The normalized spacial score (nSPS) is 12.8. The second kappa shape index (κ2) is 6.75. The van der Waals surface area contributed by atoms with Gasteiger partial charge < -0.3 is 9.84 Å². The van der Waals surface area contributed by atoms with Gasteiger partial charge in [-0.25, -0.2) is 4.79 Å². The fourth-order valence-electron chi connectivity index (χ4n) is 2.18. The van der Waals surface area contributed by atoms with Crippen LogP contribution in [-0.2, 0) is 4.79 Å². The zero-order chi connectivity index (χ0) is 15.2. The minimum absolute atomic E-state index is 0.0896. The van der Waals surface area contributed by atoms with Gasteiger partial charge in [-0.05, 0) is 30.2 Å². The summed E-state index contributed by atoms with van der Waals surface area (Å²) in [5.74, 6) is -0.206. The third-order valence-electron chi connectivity index (χ3n) is 3.39. The molecule has 3 heteroatoms. The Morgan fingerprint density at radius 3 is 2.14 bits per heavy atom. The molecular weight excluding hydrogens is 264 g/mol. The summed E-state index contributed by atoms with van der Waals surface area (Å²) in [6, 6.07) is 17.5. The maximum atomic E-state index is 11.1. The fourth-order valence-corrected chi connectivity index (χ4v) is 2.18. The third-order valence-corrected chi connectivity index (χ3v) is 3.39. The van der Waals surface area contributed by atoms with Crippen molar-refractivity contribution in [3.05, 3.63) is 77.4 Å². The van der Waals surface area contributed by atoms with Crippen LogP contribution in [0.1, 0.15) is 24.0 Å². The van der Waals surface area contributed by atoms with Crippen LogP contribution in [0.15, 0.2) is 66.2 Å². The molecule has 21 heavy (non-hydrogen) atoms. The predicted octanol–water partition coefficient (Wildman–Crippen LogP) is 3.86. The summed E-state index contributed by atoms with van der Waals surface area (Å²) in [6.07, 6.45) is 1.78. The summed E-state index contributed by atoms with van der Waals surface area (Å²) in [5, 5.41) is 9.12. The SMILES string of the molecule is COc1ccc(C(C=C(C)C(=O)O)c2ccccc2)cc1. The highest BCUT2D eigenvalue weighted by atomic mass is 16.5. The number of aliphatic carboxylic acids is 1. The smallest absolute Gasteiger partial charge is 0.330 e. The standard InChI is InChI=1S/C18H18O3/c1-13(18(19)20)12-17(14-6-4-3-5-7-14)15-8-10-16(21-2)11-9-15/h3-12,17H,1-2H3,(H,19,20). The Balaban J connectivity index is 2.44. The quantitative estimate of drug-likeness (QED) is 0.847. The monoisotopic (exact) mass is 282 g/mol. The van der Waals surface area contributed by atoms with E-state index in [4.69, 9.17) is 9.84 Å². The summed E-state index contributed by atoms with van der Waals surface area (Å²) in [6.45, 7) is 1.61. The van der Waals surface area contributed by atoms with E-state index < -0.39 is 5.97 Å². The summed E-state index contributed by atoms with van der Waals surface area (Å²) in [4.78, 5) is 11.1. The first-order chi connectivity index (χ1) is 10.1. The second-order valence-electron chi connectivity index (χ2n) is 4.82. The average molecular weight is 282 g/mol. The molecule has 2 aromatic carbocycles. The molecule has 0 radical (unpaired) electrons. The number of carboxylic acids is 1. The zero-order valence-corrected chi connectivity index (χ0v) is 12.1. The van der Waals surface area contributed by atoms with E-state index >= 15 is 0 Å². The molecule has 1 atom stereocenters. The summed E-state index contributed by atoms with van der Waals surface area (Å²) < 4.78 is 5.16. The summed E-state index contributed by atoms with van der Waals surface area (Å²) >= 11 is 0. The summed E-state index contributed by atoms with van der Waals surface area (Å²) in [5.41, 5.74) is 2.42. The molecule has 0 amide bonds. The fraction of sp³-hybridized carbons (Fsp3) is 0.167. The number of benzene rings is 2. The molecule has 0 bridgehead atoms. The van der Waals surface area contributed by atoms with Gasteiger partial charge in [-0.15, -0.1) is 0 Å². The van der Waals surface area contributed by atoms with Gasteiger partial charge in [0, 0.05) is 11.5 Å². The van der Waals surface area contributed by atoms with Crippen molar-refractivity contribution in [3.8, 4) is 5.75 Å². The van der Waals surface area contributed by atoms with Crippen LogP contribution >= 0.6 is 0 Å². The Kier molecular flexibility index (Phi) is 4.77. The van der Waals surface area contributed by atoms with Gasteiger partial charge in [0.15, 0.2) is 0 Å². The molecule has 108 valence electrons. The van der Waals surface area contributed by atoms with Crippen molar-refractivity contribution in [1.82, 2.24) is 0 Å².